The van der Waals surface area contributed by atoms with Gasteiger partial charge in [-0.1, -0.05) is 0 Å². The first kappa shape index (κ1) is 17.9. The van der Waals surface area contributed by atoms with Crippen LogP contribution in [0.2, 0.25) is 0 Å². The van der Waals surface area contributed by atoms with Crippen LogP contribution in [0.1, 0.15) is 0 Å². The van der Waals surface area contributed by atoms with Gasteiger partial charge in [-0.3, -0.25) is 0 Å². The topological polar surface area (TPSA) is 44.8 Å². The fourth-order valence-electron chi connectivity index (χ4n) is 2.04. The Morgan fingerprint density at radius 2 is 1.16 bits per heavy atom. The standard InChI is InChI=1S/C19H17O4PTe/c1-21-16-12-14-19(15-13-16)25-24(20,22-17-8-4-2-5-9-17)23-18-10-6-3-7-11-18/h2-15H,1H3. The molecule has 0 unspecified atom stereocenters. The summed E-state index contributed by atoms with van der Waals surface area (Å²) in [4.78, 5) is 0. The van der Waals surface area contributed by atoms with Crippen LogP contribution in [-0.4, -0.2) is 27.5 Å². The Morgan fingerprint density at radius 3 is 1.60 bits per heavy atom. The molecular weight excluding hydrogens is 451 g/mol. The van der Waals surface area contributed by atoms with Gasteiger partial charge >= 0.3 is 157 Å². The number of rotatable bonds is 7. The SMILES string of the molecule is COc1ccc([Te]P(=O)(Oc2ccccc2)Oc2ccccc2)cc1. The molecule has 4 nitrogen and oxygen atoms in total. The Kier molecular flexibility index (Phi) is 6.04. The van der Waals surface area contributed by atoms with Gasteiger partial charge in [-0.25, -0.2) is 0 Å². The Morgan fingerprint density at radius 1 is 0.680 bits per heavy atom. The van der Waals surface area contributed by atoms with Gasteiger partial charge in [-0.2, -0.15) is 0 Å². The molecule has 0 aromatic heterocycles. The summed E-state index contributed by atoms with van der Waals surface area (Å²) in [6.45, 7) is 0. The predicted molar refractivity (Wildman–Crippen MR) is 100 cm³/mol. The van der Waals surface area contributed by atoms with Gasteiger partial charge in [-0.15, -0.1) is 0 Å². The van der Waals surface area contributed by atoms with Crippen LogP contribution in [0.15, 0.2) is 84.9 Å². The van der Waals surface area contributed by atoms with Crippen molar-refractivity contribution < 1.29 is 18.3 Å². The van der Waals surface area contributed by atoms with Crippen LogP contribution in [0.5, 0.6) is 17.2 Å². The zero-order valence-electron chi connectivity index (χ0n) is 13.6. The first-order valence-corrected chi connectivity index (χ1v) is 13.4. The summed E-state index contributed by atoms with van der Waals surface area (Å²) < 4.78 is 31.3. The molecule has 0 aliphatic carbocycles. The minimum atomic E-state index is -3.32. The van der Waals surface area contributed by atoms with Crippen molar-refractivity contribution in [1.29, 1.82) is 0 Å². The molecule has 0 radical (unpaired) electrons. The van der Waals surface area contributed by atoms with Gasteiger partial charge in [0.1, 0.15) is 0 Å². The number of benzene rings is 3. The van der Waals surface area contributed by atoms with E-state index in [0.29, 0.717) is 11.5 Å². The maximum absolute atomic E-state index is 13.5. The van der Waals surface area contributed by atoms with Crippen molar-refractivity contribution in [2.75, 3.05) is 7.11 Å². The number of para-hydroxylation sites is 2. The molecule has 6 heteroatoms. The molecule has 0 aliphatic rings. The number of hydrogen-bond acceptors (Lipinski definition) is 4. The van der Waals surface area contributed by atoms with Gasteiger partial charge in [0.05, 0.1) is 0 Å². The second-order valence-corrected chi connectivity index (χ2v) is 13.2. The number of ether oxygens (including phenoxy) is 1. The Hall–Kier alpha value is -1.92. The van der Waals surface area contributed by atoms with Gasteiger partial charge < -0.3 is 0 Å². The van der Waals surface area contributed by atoms with E-state index in [1.165, 1.54) is 0 Å². The molecule has 0 heterocycles. The Bertz CT molecular complexity index is 793. The van der Waals surface area contributed by atoms with Crippen LogP contribution >= 0.6 is 5.29 Å². The Balaban J connectivity index is 1.85. The normalized spacial score (nSPS) is 10.9. The van der Waals surface area contributed by atoms with Crippen molar-refractivity contribution in [3.63, 3.8) is 0 Å². The quantitative estimate of drug-likeness (QED) is 0.384. The summed E-state index contributed by atoms with van der Waals surface area (Å²) in [5.74, 6) is 1.85. The van der Waals surface area contributed by atoms with Crippen LogP contribution in [-0.2, 0) is 4.57 Å². The molecule has 3 aromatic rings. The van der Waals surface area contributed by atoms with E-state index < -0.39 is 25.7 Å². The Labute approximate surface area is 156 Å². The molecule has 0 atom stereocenters. The first-order valence-electron chi connectivity index (χ1n) is 7.60. The van der Waals surface area contributed by atoms with Crippen LogP contribution in [0.4, 0.5) is 0 Å². The van der Waals surface area contributed by atoms with Crippen LogP contribution in [0.3, 0.4) is 0 Å². The van der Waals surface area contributed by atoms with E-state index in [4.69, 9.17) is 13.8 Å². The first-order chi connectivity index (χ1) is 12.2. The maximum atomic E-state index is 13.5. The molecule has 0 fully saturated rings. The van der Waals surface area contributed by atoms with Crippen molar-refractivity contribution in [3.05, 3.63) is 84.9 Å². The molecule has 128 valence electrons. The second-order valence-electron chi connectivity index (χ2n) is 5.02. The van der Waals surface area contributed by atoms with E-state index >= 15 is 0 Å². The molecule has 0 spiro atoms. The third-order valence-electron chi connectivity index (χ3n) is 3.20. The third kappa shape index (κ3) is 5.28. The van der Waals surface area contributed by atoms with E-state index in [9.17, 15) is 4.57 Å². The van der Waals surface area contributed by atoms with Crippen molar-refractivity contribution >= 4 is 29.3 Å². The average Bonchev–Trinajstić information content (AvgIpc) is 2.64. The van der Waals surface area contributed by atoms with Gasteiger partial charge in [0, 0.05) is 0 Å². The van der Waals surface area contributed by atoms with E-state index in [-0.39, 0.29) is 0 Å². The molecule has 25 heavy (non-hydrogen) atoms. The molecule has 0 bridgehead atoms. The molecule has 3 aromatic carbocycles. The fraction of sp³-hybridized carbons (Fsp3) is 0.0526. The molecule has 0 N–H and O–H groups in total. The van der Waals surface area contributed by atoms with Gasteiger partial charge in [0.15, 0.2) is 0 Å². The fourth-order valence-corrected chi connectivity index (χ4v) is 9.05. The van der Waals surface area contributed by atoms with E-state index in [2.05, 4.69) is 0 Å². The molecule has 0 amide bonds. The molecule has 0 aliphatic heterocycles. The second kappa shape index (κ2) is 8.45. The molecular formula is C19H17O4PTe. The van der Waals surface area contributed by atoms with Crippen molar-refractivity contribution in [2.24, 2.45) is 0 Å². The minimum absolute atomic E-state index is 0.542. The van der Waals surface area contributed by atoms with Crippen LogP contribution in [0, 0.1) is 0 Å². The zero-order valence-corrected chi connectivity index (χ0v) is 16.8. The van der Waals surface area contributed by atoms with Gasteiger partial charge in [0.25, 0.3) is 0 Å². The van der Waals surface area contributed by atoms with Crippen molar-refractivity contribution in [1.82, 2.24) is 0 Å². The van der Waals surface area contributed by atoms with Gasteiger partial charge in [-0.05, 0) is 0 Å². The van der Waals surface area contributed by atoms with E-state index in [1.54, 1.807) is 31.4 Å². The monoisotopic (exact) mass is 470 g/mol. The summed E-state index contributed by atoms with van der Waals surface area (Å²) >= 11 is -1.25. The number of hydrogen-bond donors (Lipinski definition) is 0. The predicted octanol–water partition coefficient (Wildman–Crippen LogP) is 4.29. The van der Waals surface area contributed by atoms with Gasteiger partial charge in [0.2, 0.25) is 0 Å². The summed E-state index contributed by atoms with van der Waals surface area (Å²) in [6.07, 6.45) is 0. The summed E-state index contributed by atoms with van der Waals surface area (Å²) in [6, 6.07) is 25.8. The van der Waals surface area contributed by atoms with Crippen molar-refractivity contribution in [3.8, 4) is 17.2 Å². The van der Waals surface area contributed by atoms with Crippen LogP contribution in [0.25, 0.3) is 0 Å². The molecule has 0 saturated carbocycles. The van der Waals surface area contributed by atoms with E-state index in [0.717, 1.165) is 9.36 Å². The summed E-state index contributed by atoms with van der Waals surface area (Å²) in [7, 11) is 1.62. The van der Waals surface area contributed by atoms with Crippen LogP contribution < -0.4 is 17.4 Å². The zero-order chi connectivity index (χ0) is 17.5. The molecule has 3 rings (SSSR count). The number of methoxy groups -OCH3 is 1. The summed E-state index contributed by atoms with van der Waals surface area (Å²) in [5, 5.41) is -3.32. The van der Waals surface area contributed by atoms with E-state index in [1.807, 2.05) is 60.7 Å². The molecule has 0 saturated heterocycles. The third-order valence-corrected chi connectivity index (χ3v) is 10.3. The van der Waals surface area contributed by atoms with Crippen molar-refractivity contribution in [2.45, 2.75) is 0 Å². The average molecular weight is 468 g/mol. The summed E-state index contributed by atoms with van der Waals surface area (Å²) in [5.41, 5.74) is 0.